The van der Waals surface area contributed by atoms with Crippen LogP contribution in [-0.4, -0.2) is 39.9 Å². The van der Waals surface area contributed by atoms with E-state index in [2.05, 4.69) is 10.0 Å². The van der Waals surface area contributed by atoms with E-state index in [1.54, 1.807) is 12.1 Å². The second-order valence-corrected chi connectivity index (χ2v) is 6.63. The maximum Gasteiger partial charge on any atom is 0.301 e. The molecule has 8 heteroatoms. The van der Waals surface area contributed by atoms with Crippen molar-refractivity contribution in [1.29, 1.82) is 0 Å². The van der Waals surface area contributed by atoms with E-state index in [-0.39, 0.29) is 5.69 Å². The molecule has 19 heavy (non-hydrogen) atoms. The van der Waals surface area contributed by atoms with Crippen LogP contribution in [0.25, 0.3) is 0 Å². The van der Waals surface area contributed by atoms with Gasteiger partial charge in [-0.25, -0.2) is 0 Å². The molecule has 0 spiro atoms. The highest BCUT2D eigenvalue weighted by molar-refractivity contribution is 7.90. The minimum atomic E-state index is -3.62. The molecule has 2 N–H and O–H groups in total. The fourth-order valence-corrected chi connectivity index (χ4v) is 2.76. The first-order chi connectivity index (χ1) is 8.86. The minimum Gasteiger partial charge on any atom is -0.320 e. The number of hydrogen-bond donors (Lipinski definition) is 2. The molecule has 1 aromatic carbocycles. The van der Waals surface area contributed by atoms with Crippen molar-refractivity contribution < 1.29 is 8.42 Å². The Morgan fingerprint density at radius 1 is 1.32 bits per heavy atom. The molecule has 0 aliphatic rings. The lowest BCUT2D eigenvalue weighted by molar-refractivity contribution is 0.462. The van der Waals surface area contributed by atoms with E-state index in [9.17, 15) is 8.42 Å². The van der Waals surface area contributed by atoms with Crippen LogP contribution in [0.2, 0.25) is 10.0 Å². The number of nitrogens with zero attached hydrogens (tertiary/aromatic N) is 1. The van der Waals surface area contributed by atoms with Gasteiger partial charge in [-0.1, -0.05) is 23.2 Å². The molecular weight excluding hydrogens is 309 g/mol. The van der Waals surface area contributed by atoms with Crippen LogP contribution in [0, 0.1) is 0 Å². The number of halogens is 2. The van der Waals surface area contributed by atoms with Gasteiger partial charge in [0.2, 0.25) is 0 Å². The van der Waals surface area contributed by atoms with Crippen LogP contribution < -0.4 is 10.0 Å². The zero-order valence-electron chi connectivity index (χ0n) is 10.8. The number of hydrogen-bond acceptors (Lipinski definition) is 3. The summed E-state index contributed by atoms with van der Waals surface area (Å²) in [6, 6.07) is 4.62. The van der Waals surface area contributed by atoms with Crippen molar-refractivity contribution in [1.82, 2.24) is 9.62 Å². The van der Waals surface area contributed by atoms with Crippen LogP contribution in [0.4, 0.5) is 5.69 Å². The van der Waals surface area contributed by atoms with Gasteiger partial charge in [-0.2, -0.15) is 12.7 Å². The molecule has 0 amide bonds. The van der Waals surface area contributed by atoms with Crippen LogP contribution in [0.15, 0.2) is 18.2 Å². The van der Waals surface area contributed by atoms with Crippen LogP contribution in [0.1, 0.15) is 6.42 Å². The van der Waals surface area contributed by atoms with Crippen molar-refractivity contribution in [2.75, 3.05) is 31.9 Å². The van der Waals surface area contributed by atoms with Gasteiger partial charge in [0, 0.05) is 18.6 Å². The Morgan fingerprint density at radius 2 is 2.00 bits per heavy atom. The van der Waals surface area contributed by atoms with Crippen molar-refractivity contribution >= 4 is 39.1 Å². The molecule has 0 atom stereocenters. The standard InChI is InChI=1S/C11H17Cl2N3O2S/c1-14-6-3-7-16(2)19(17,18)15-11-8-9(12)4-5-10(11)13/h4-5,8,14-15H,3,6-7H2,1-2H3. The molecule has 0 heterocycles. The Balaban J connectivity index is 2.75. The first kappa shape index (κ1) is 16.5. The molecule has 0 radical (unpaired) electrons. The lowest BCUT2D eigenvalue weighted by atomic mass is 10.3. The number of rotatable bonds is 7. The van der Waals surface area contributed by atoms with Crippen molar-refractivity contribution in [3.8, 4) is 0 Å². The average molecular weight is 326 g/mol. The highest BCUT2D eigenvalue weighted by Crippen LogP contribution is 2.26. The zero-order chi connectivity index (χ0) is 14.5. The van der Waals surface area contributed by atoms with Crippen LogP contribution in [0.3, 0.4) is 0 Å². The van der Waals surface area contributed by atoms with E-state index in [1.807, 2.05) is 7.05 Å². The van der Waals surface area contributed by atoms with Gasteiger partial charge in [0.25, 0.3) is 0 Å². The topological polar surface area (TPSA) is 61.4 Å². The third-order valence-electron chi connectivity index (χ3n) is 2.48. The average Bonchev–Trinajstić information content (AvgIpc) is 2.33. The predicted octanol–water partition coefficient (Wildman–Crippen LogP) is 2.19. The second kappa shape index (κ2) is 7.31. The normalized spacial score (nSPS) is 11.8. The smallest absolute Gasteiger partial charge is 0.301 e. The van der Waals surface area contributed by atoms with Crippen molar-refractivity contribution in [2.45, 2.75) is 6.42 Å². The largest absolute Gasteiger partial charge is 0.320 e. The molecule has 0 aromatic heterocycles. The molecule has 1 aromatic rings. The SMILES string of the molecule is CNCCCN(C)S(=O)(=O)Nc1cc(Cl)ccc1Cl. The van der Waals surface area contributed by atoms with Crippen LogP contribution in [-0.2, 0) is 10.2 Å². The minimum absolute atomic E-state index is 0.273. The summed E-state index contributed by atoms with van der Waals surface area (Å²) in [6.45, 7) is 1.16. The Morgan fingerprint density at radius 3 is 2.63 bits per heavy atom. The molecule has 0 saturated heterocycles. The highest BCUT2D eigenvalue weighted by atomic mass is 35.5. The maximum absolute atomic E-state index is 12.1. The van der Waals surface area contributed by atoms with E-state index < -0.39 is 10.2 Å². The molecule has 0 fully saturated rings. The van der Waals surface area contributed by atoms with Crippen LogP contribution >= 0.6 is 23.2 Å². The summed E-state index contributed by atoms with van der Waals surface area (Å²) in [7, 11) is -0.292. The third kappa shape index (κ3) is 5.16. The molecule has 0 aliphatic carbocycles. The van der Waals surface area contributed by atoms with Crippen molar-refractivity contribution in [3.05, 3.63) is 28.2 Å². The third-order valence-corrected chi connectivity index (χ3v) is 4.52. The molecule has 5 nitrogen and oxygen atoms in total. The summed E-state index contributed by atoms with van der Waals surface area (Å²) in [4.78, 5) is 0. The van der Waals surface area contributed by atoms with Gasteiger partial charge < -0.3 is 5.32 Å². The van der Waals surface area contributed by atoms with E-state index in [4.69, 9.17) is 23.2 Å². The van der Waals surface area contributed by atoms with Crippen LogP contribution in [0.5, 0.6) is 0 Å². The fourth-order valence-electron chi connectivity index (χ4n) is 1.39. The van der Waals surface area contributed by atoms with Gasteiger partial charge in [0.05, 0.1) is 10.7 Å². The number of anilines is 1. The predicted molar refractivity (Wildman–Crippen MR) is 80.2 cm³/mol. The van der Waals surface area contributed by atoms with Gasteiger partial charge >= 0.3 is 10.2 Å². The maximum atomic E-state index is 12.1. The summed E-state index contributed by atoms with van der Waals surface area (Å²) in [5.41, 5.74) is 0.273. The second-order valence-electron chi connectivity index (χ2n) is 4.01. The molecule has 0 aliphatic heterocycles. The molecule has 0 bridgehead atoms. The summed E-state index contributed by atoms with van der Waals surface area (Å²) >= 11 is 11.7. The monoisotopic (exact) mass is 325 g/mol. The summed E-state index contributed by atoms with van der Waals surface area (Å²) in [5.74, 6) is 0. The number of nitrogens with one attached hydrogen (secondary N) is 2. The van der Waals surface area contributed by atoms with Crippen molar-refractivity contribution in [2.24, 2.45) is 0 Å². The first-order valence-corrected chi connectivity index (χ1v) is 7.90. The number of benzene rings is 1. The zero-order valence-corrected chi connectivity index (χ0v) is 13.1. The quantitative estimate of drug-likeness (QED) is 0.755. The molecule has 108 valence electrons. The van der Waals surface area contributed by atoms with E-state index in [0.717, 1.165) is 13.0 Å². The van der Waals surface area contributed by atoms with Crippen molar-refractivity contribution in [3.63, 3.8) is 0 Å². The van der Waals surface area contributed by atoms with Gasteiger partial charge in [-0.15, -0.1) is 0 Å². The van der Waals surface area contributed by atoms with Gasteiger partial charge in [0.15, 0.2) is 0 Å². The highest BCUT2D eigenvalue weighted by Gasteiger charge is 2.18. The lowest BCUT2D eigenvalue weighted by Crippen LogP contribution is -2.34. The first-order valence-electron chi connectivity index (χ1n) is 5.70. The Bertz CT molecular complexity index is 523. The summed E-state index contributed by atoms with van der Waals surface area (Å²) < 4.78 is 27.8. The van der Waals surface area contributed by atoms with Gasteiger partial charge in [-0.05, 0) is 38.2 Å². The fraction of sp³-hybridized carbons (Fsp3) is 0.455. The van der Waals surface area contributed by atoms with Gasteiger partial charge in [0.1, 0.15) is 0 Å². The summed E-state index contributed by atoms with van der Waals surface area (Å²) in [6.07, 6.45) is 0.719. The lowest BCUT2D eigenvalue weighted by Gasteiger charge is -2.18. The van der Waals surface area contributed by atoms with E-state index in [0.29, 0.717) is 16.6 Å². The van der Waals surface area contributed by atoms with E-state index in [1.165, 1.54) is 17.4 Å². The molecule has 0 saturated carbocycles. The van der Waals surface area contributed by atoms with E-state index >= 15 is 0 Å². The molecule has 0 unspecified atom stereocenters. The Labute approximate surface area is 124 Å². The van der Waals surface area contributed by atoms with Gasteiger partial charge in [-0.3, -0.25) is 4.72 Å². The Kier molecular flexibility index (Phi) is 6.35. The summed E-state index contributed by atoms with van der Waals surface area (Å²) in [5, 5.41) is 3.68. The molecular formula is C11H17Cl2N3O2S. The Hall–Kier alpha value is -0.530. The molecule has 1 rings (SSSR count).